The molecule has 0 atom stereocenters. The summed E-state index contributed by atoms with van der Waals surface area (Å²) in [5.41, 5.74) is 3.80. The number of rotatable bonds is 6. The average Bonchev–Trinajstić information content (AvgIpc) is 3.57. The summed E-state index contributed by atoms with van der Waals surface area (Å²) in [6.07, 6.45) is 8.83. The molecule has 0 radical (unpaired) electrons. The van der Waals surface area contributed by atoms with Crippen LogP contribution in [-0.2, 0) is 6.54 Å². The molecule has 10 nitrogen and oxygen atoms in total. The topological polar surface area (TPSA) is 81.5 Å². The van der Waals surface area contributed by atoms with E-state index in [9.17, 15) is 0 Å². The fourth-order valence-corrected chi connectivity index (χ4v) is 5.55. The van der Waals surface area contributed by atoms with Gasteiger partial charge in [-0.2, -0.15) is 9.97 Å². The molecule has 1 saturated carbocycles. The molecular weight excluding hydrogens is 452 g/mol. The quantitative estimate of drug-likeness (QED) is 0.561. The molecular formula is C26H38N10. The van der Waals surface area contributed by atoms with Crippen LogP contribution >= 0.6 is 0 Å². The lowest BCUT2D eigenvalue weighted by Crippen LogP contribution is -2.45. The van der Waals surface area contributed by atoms with Crippen LogP contribution in [0.2, 0.25) is 0 Å². The highest BCUT2D eigenvalue weighted by molar-refractivity contribution is 5.86. The number of piperazine rings is 2. The summed E-state index contributed by atoms with van der Waals surface area (Å²) >= 11 is 0. The Kier molecular flexibility index (Phi) is 6.73. The minimum absolute atomic E-state index is 0.480. The van der Waals surface area contributed by atoms with E-state index in [0.717, 1.165) is 93.2 Å². The Balaban J connectivity index is 1.25. The summed E-state index contributed by atoms with van der Waals surface area (Å²) in [4.78, 5) is 29.1. The van der Waals surface area contributed by atoms with E-state index >= 15 is 0 Å². The molecule has 2 aliphatic heterocycles. The molecule has 10 heteroatoms. The van der Waals surface area contributed by atoms with Crippen LogP contribution in [0.1, 0.15) is 37.4 Å². The number of nitrogens with one attached hydrogen (secondary N) is 1. The van der Waals surface area contributed by atoms with Gasteiger partial charge in [-0.25, -0.2) is 4.98 Å². The van der Waals surface area contributed by atoms with E-state index in [-0.39, 0.29) is 0 Å². The van der Waals surface area contributed by atoms with Crippen molar-refractivity contribution in [2.75, 3.05) is 76.7 Å². The molecule has 36 heavy (non-hydrogen) atoms. The van der Waals surface area contributed by atoms with Crippen molar-refractivity contribution in [2.24, 2.45) is 0 Å². The molecule has 2 saturated heterocycles. The second-order valence-corrected chi connectivity index (χ2v) is 10.7. The number of fused-ring (bicyclic) bond motifs is 1. The van der Waals surface area contributed by atoms with Gasteiger partial charge in [0.25, 0.3) is 0 Å². The number of nitrogens with zero attached hydrogens (tertiary/aromatic N) is 9. The Hall–Kier alpha value is -2.82. The molecule has 1 N–H and O–H groups in total. The van der Waals surface area contributed by atoms with E-state index in [0.29, 0.717) is 6.04 Å². The number of pyridine rings is 1. The summed E-state index contributed by atoms with van der Waals surface area (Å²) in [5.74, 6) is 1.55. The third-order valence-electron chi connectivity index (χ3n) is 7.98. The third-order valence-corrected chi connectivity index (χ3v) is 7.98. The molecule has 0 unspecified atom stereocenters. The molecule has 192 valence electrons. The fraction of sp³-hybridized carbons (Fsp3) is 0.615. The summed E-state index contributed by atoms with van der Waals surface area (Å²) in [7, 11) is 4.36. The highest BCUT2D eigenvalue weighted by Crippen LogP contribution is 2.34. The SMILES string of the molecule is CN1CCN(Cc2ccc(Nc3nc(N4CCN(C)CC4)nc4c3ncn4C3CCCC3)cn2)CC1. The first-order valence-corrected chi connectivity index (χ1v) is 13.4. The van der Waals surface area contributed by atoms with E-state index in [1.165, 1.54) is 25.7 Å². The zero-order chi connectivity index (χ0) is 24.5. The van der Waals surface area contributed by atoms with Gasteiger partial charge in [0.2, 0.25) is 5.95 Å². The van der Waals surface area contributed by atoms with Crippen molar-refractivity contribution in [1.82, 2.24) is 39.2 Å². The number of anilines is 3. The largest absolute Gasteiger partial charge is 0.338 e. The van der Waals surface area contributed by atoms with Gasteiger partial charge in [-0.3, -0.25) is 9.88 Å². The maximum absolute atomic E-state index is 5.05. The van der Waals surface area contributed by atoms with Crippen LogP contribution in [-0.4, -0.2) is 106 Å². The van der Waals surface area contributed by atoms with Crippen LogP contribution in [0.15, 0.2) is 24.7 Å². The maximum Gasteiger partial charge on any atom is 0.229 e. The molecule has 0 bridgehead atoms. The molecule has 6 rings (SSSR count). The average molecular weight is 491 g/mol. The lowest BCUT2D eigenvalue weighted by molar-refractivity contribution is 0.147. The number of likely N-dealkylation sites (N-methyl/N-ethyl adjacent to an activating group) is 2. The monoisotopic (exact) mass is 490 g/mol. The van der Waals surface area contributed by atoms with Gasteiger partial charge in [0.15, 0.2) is 17.0 Å². The van der Waals surface area contributed by atoms with Crippen LogP contribution in [0.3, 0.4) is 0 Å². The van der Waals surface area contributed by atoms with Crippen molar-refractivity contribution in [3.8, 4) is 0 Å². The molecule has 3 aliphatic rings. The first kappa shape index (κ1) is 23.6. The molecule has 0 spiro atoms. The van der Waals surface area contributed by atoms with Gasteiger partial charge in [-0.1, -0.05) is 12.8 Å². The predicted molar refractivity (Wildman–Crippen MR) is 143 cm³/mol. The second-order valence-electron chi connectivity index (χ2n) is 10.7. The fourth-order valence-electron chi connectivity index (χ4n) is 5.55. The number of aromatic nitrogens is 5. The lowest BCUT2D eigenvalue weighted by Gasteiger charge is -2.32. The van der Waals surface area contributed by atoms with E-state index in [2.05, 4.69) is 55.7 Å². The summed E-state index contributed by atoms with van der Waals surface area (Å²) < 4.78 is 2.28. The van der Waals surface area contributed by atoms with Crippen molar-refractivity contribution >= 4 is 28.6 Å². The van der Waals surface area contributed by atoms with Crippen molar-refractivity contribution in [3.63, 3.8) is 0 Å². The Labute approximate surface area is 213 Å². The van der Waals surface area contributed by atoms with Gasteiger partial charge in [-0.15, -0.1) is 0 Å². The van der Waals surface area contributed by atoms with E-state index in [4.69, 9.17) is 19.9 Å². The third kappa shape index (κ3) is 5.02. The number of hydrogen-bond acceptors (Lipinski definition) is 9. The zero-order valence-electron chi connectivity index (χ0n) is 21.6. The molecule has 3 aromatic rings. The highest BCUT2D eigenvalue weighted by Gasteiger charge is 2.24. The van der Waals surface area contributed by atoms with Gasteiger partial charge in [0.1, 0.15) is 0 Å². The zero-order valence-corrected chi connectivity index (χ0v) is 21.6. The van der Waals surface area contributed by atoms with Crippen molar-refractivity contribution in [3.05, 3.63) is 30.4 Å². The Bertz CT molecular complexity index is 1150. The summed E-state index contributed by atoms with van der Waals surface area (Å²) in [6, 6.07) is 4.71. The highest BCUT2D eigenvalue weighted by atomic mass is 15.3. The predicted octanol–water partition coefficient (Wildman–Crippen LogP) is 2.58. The van der Waals surface area contributed by atoms with E-state index in [1.54, 1.807) is 0 Å². The van der Waals surface area contributed by atoms with Crippen molar-refractivity contribution in [1.29, 1.82) is 0 Å². The van der Waals surface area contributed by atoms with Crippen LogP contribution < -0.4 is 10.2 Å². The minimum Gasteiger partial charge on any atom is -0.338 e. The van der Waals surface area contributed by atoms with Crippen LogP contribution in [0.25, 0.3) is 11.2 Å². The van der Waals surface area contributed by atoms with E-state index in [1.807, 2.05) is 12.5 Å². The van der Waals surface area contributed by atoms with Gasteiger partial charge >= 0.3 is 0 Å². The van der Waals surface area contributed by atoms with E-state index < -0.39 is 0 Å². The summed E-state index contributed by atoms with van der Waals surface area (Å²) in [5, 5.41) is 3.53. The Morgan fingerprint density at radius 1 is 0.861 bits per heavy atom. The van der Waals surface area contributed by atoms with Gasteiger partial charge in [-0.05, 0) is 39.1 Å². The molecule has 3 aromatic heterocycles. The maximum atomic E-state index is 5.05. The smallest absolute Gasteiger partial charge is 0.229 e. The first-order chi connectivity index (χ1) is 17.6. The van der Waals surface area contributed by atoms with Gasteiger partial charge in [0.05, 0.1) is 23.9 Å². The molecule has 3 fully saturated rings. The van der Waals surface area contributed by atoms with Gasteiger partial charge < -0.3 is 24.6 Å². The van der Waals surface area contributed by atoms with Gasteiger partial charge in [0, 0.05) is 64.9 Å². The number of hydrogen-bond donors (Lipinski definition) is 1. The molecule has 0 aromatic carbocycles. The Morgan fingerprint density at radius 3 is 2.28 bits per heavy atom. The normalized spacial score (nSPS) is 21.0. The van der Waals surface area contributed by atoms with Crippen molar-refractivity contribution < 1.29 is 0 Å². The summed E-state index contributed by atoms with van der Waals surface area (Å²) in [6.45, 7) is 9.22. The Morgan fingerprint density at radius 2 is 1.58 bits per heavy atom. The van der Waals surface area contributed by atoms with Crippen LogP contribution in [0.4, 0.5) is 17.5 Å². The lowest BCUT2D eigenvalue weighted by atomic mass is 10.2. The first-order valence-electron chi connectivity index (χ1n) is 13.4. The molecule has 0 amide bonds. The second kappa shape index (κ2) is 10.3. The molecule has 5 heterocycles. The molecule has 1 aliphatic carbocycles. The van der Waals surface area contributed by atoms with Crippen LogP contribution in [0.5, 0.6) is 0 Å². The minimum atomic E-state index is 0.480. The van der Waals surface area contributed by atoms with Crippen molar-refractivity contribution in [2.45, 2.75) is 38.3 Å². The standard InChI is InChI=1S/C26H38N10/c1-32-9-13-34(14-10-32)18-21-8-7-20(17-27-21)29-24-23-25(36(19-28-23)22-5-3-4-6-22)31-26(30-24)35-15-11-33(2)12-16-35/h7-8,17,19,22H,3-6,9-16,18H2,1-2H3,(H,29,30,31). The van der Waals surface area contributed by atoms with Crippen LogP contribution in [0, 0.1) is 0 Å². The number of imidazole rings is 1.